The standard InChI is InChI=1S/C21H28N4O2/c1-13-14(6-10-22-13)18(27)25-11-8-21(9-12-25)7-5-15-16(21)23-19(20(2,3)4)24-17(15)26/h6,10,22H,5,7-9,11-12H2,1-4H3,(H,23,24,26). The summed E-state index contributed by atoms with van der Waals surface area (Å²) < 4.78 is 0. The first-order valence-corrected chi connectivity index (χ1v) is 9.79. The van der Waals surface area contributed by atoms with Crippen molar-refractivity contribution < 1.29 is 4.79 Å². The molecule has 1 aliphatic carbocycles. The van der Waals surface area contributed by atoms with Crippen LogP contribution >= 0.6 is 0 Å². The van der Waals surface area contributed by atoms with Gasteiger partial charge in [-0.2, -0.15) is 0 Å². The zero-order valence-corrected chi connectivity index (χ0v) is 16.6. The molecule has 4 rings (SSSR count). The van der Waals surface area contributed by atoms with Gasteiger partial charge >= 0.3 is 0 Å². The number of aromatic nitrogens is 3. The zero-order valence-electron chi connectivity index (χ0n) is 16.6. The molecular formula is C21H28N4O2. The van der Waals surface area contributed by atoms with Crippen molar-refractivity contribution in [2.24, 2.45) is 0 Å². The molecule has 6 nitrogen and oxygen atoms in total. The zero-order chi connectivity index (χ0) is 19.4. The van der Waals surface area contributed by atoms with E-state index in [0.717, 1.165) is 54.0 Å². The minimum Gasteiger partial charge on any atom is -0.365 e. The van der Waals surface area contributed by atoms with Gasteiger partial charge in [0.25, 0.3) is 11.5 Å². The molecule has 2 N–H and O–H groups in total. The van der Waals surface area contributed by atoms with Gasteiger partial charge in [0.05, 0.1) is 11.3 Å². The molecule has 1 aliphatic heterocycles. The Bertz CT molecular complexity index is 940. The fourth-order valence-corrected chi connectivity index (χ4v) is 4.49. The molecule has 2 aromatic rings. The summed E-state index contributed by atoms with van der Waals surface area (Å²) in [7, 11) is 0. The maximum atomic E-state index is 12.8. The molecule has 0 radical (unpaired) electrons. The van der Waals surface area contributed by atoms with Crippen molar-refractivity contribution >= 4 is 5.91 Å². The van der Waals surface area contributed by atoms with E-state index in [0.29, 0.717) is 13.1 Å². The molecule has 0 saturated carbocycles. The predicted octanol–water partition coefficient (Wildman–Crippen LogP) is 2.82. The SMILES string of the molecule is Cc1[nH]ccc1C(=O)N1CCC2(CCc3c2nc(C(C)(C)C)[nH]c3=O)CC1. The van der Waals surface area contributed by atoms with Crippen molar-refractivity contribution in [1.82, 2.24) is 19.9 Å². The predicted molar refractivity (Wildman–Crippen MR) is 104 cm³/mol. The number of hydrogen-bond acceptors (Lipinski definition) is 3. The number of likely N-dealkylation sites (tertiary alicyclic amines) is 1. The lowest BCUT2D eigenvalue weighted by molar-refractivity contribution is 0.0662. The highest BCUT2D eigenvalue weighted by Crippen LogP contribution is 2.44. The lowest BCUT2D eigenvalue weighted by Gasteiger charge is -2.39. The number of nitrogens with one attached hydrogen (secondary N) is 2. The minimum absolute atomic E-state index is 0.0169. The Labute approximate surface area is 159 Å². The van der Waals surface area contributed by atoms with Crippen LogP contribution in [0.25, 0.3) is 0 Å². The van der Waals surface area contributed by atoms with Crippen molar-refractivity contribution in [3.8, 4) is 0 Å². The van der Waals surface area contributed by atoms with Crippen LogP contribution in [-0.2, 0) is 17.3 Å². The van der Waals surface area contributed by atoms with Gasteiger partial charge in [-0.05, 0) is 38.7 Å². The van der Waals surface area contributed by atoms with Gasteiger partial charge in [0, 0.05) is 41.4 Å². The Morgan fingerprint density at radius 2 is 1.93 bits per heavy atom. The van der Waals surface area contributed by atoms with Crippen LogP contribution in [0, 0.1) is 6.92 Å². The van der Waals surface area contributed by atoms with Crippen LogP contribution < -0.4 is 5.56 Å². The Morgan fingerprint density at radius 3 is 2.52 bits per heavy atom. The summed E-state index contributed by atoms with van der Waals surface area (Å²) in [6.45, 7) is 9.56. The number of nitrogens with zero attached hydrogens (tertiary/aromatic N) is 2. The fourth-order valence-electron chi connectivity index (χ4n) is 4.49. The minimum atomic E-state index is -0.194. The molecule has 2 aromatic heterocycles. The van der Waals surface area contributed by atoms with Crippen LogP contribution in [0.5, 0.6) is 0 Å². The molecule has 1 fully saturated rings. The smallest absolute Gasteiger partial charge is 0.255 e. The highest BCUT2D eigenvalue weighted by Gasteiger charge is 2.45. The molecule has 27 heavy (non-hydrogen) atoms. The highest BCUT2D eigenvalue weighted by molar-refractivity contribution is 5.95. The third kappa shape index (κ3) is 2.91. The first-order chi connectivity index (χ1) is 12.7. The lowest BCUT2D eigenvalue weighted by Crippen LogP contribution is -2.45. The van der Waals surface area contributed by atoms with Crippen molar-refractivity contribution in [2.45, 2.75) is 64.2 Å². The molecule has 3 heterocycles. The van der Waals surface area contributed by atoms with Gasteiger partial charge in [0.2, 0.25) is 0 Å². The van der Waals surface area contributed by atoms with Gasteiger partial charge in [-0.25, -0.2) is 4.98 Å². The molecule has 1 amide bonds. The van der Waals surface area contributed by atoms with E-state index in [9.17, 15) is 9.59 Å². The topological polar surface area (TPSA) is 81.8 Å². The number of aryl methyl sites for hydroxylation is 1. The third-order valence-corrected chi connectivity index (χ3v) is 6.27. The summed E-state index contributed by atoms with van der Waals surface area (Å²) in [6.07, 6.45) is 5.29. The van der Waals surface area contributed by atoms with E-state index in [4.69, 9.17) is 4.98 Å². The Balaban J connectivity index is 1.60. The number of piperidine rings is 1. The molecule has 0 bridgehead atoms. The largest absolute Gasteiger partial charge is 0.365 e. The van der Waals surface area contributed by atoms with E-state index in [1.807, 2.05) is 24.1 Å². The first-order valence-electron chi connectivity index (χ1n) is 9.79. The summed E-state index contributed by atoms with van der Waals surface area (Å²) in [5, 5.41) is 0. The summed E-state index contributed by atoms with van der Waals surface area (Å²) >= 11 is 0. The Morgan fingerprint density at radius 1 is 1.22 bits per heavy atom. The van der Waals surface area contributed by atoms with Crippen molar-refractivity contribution in [3.63, 3.8) is 0 Å². The molecule has 6 heteroatoms. The van der Waals surface area contributed by atoms with Gasteiger partial charge in [0.15, 0.2) is 0 Å². The summed E-state index contributed by atoms with van der Waals surface area (Å²) in [5.74, 6) is 0.852. The maximum absolute atomic E-state index is 12.8. The summed E-state index contributed by atoms with van der Waals surface area (Å²) in [4.78, 5) is 38.4. The summed E-state index contributed by atoms with van der Waals surface area (Å²) in [6, 6.07) is 1.85. The van der Waals surface area contributed by atoms with E-state index in [1.165, 1.54) is 0 Å². The van der Waals surface area contributed by atoms with Crippen LogP contribution in [0.2, 0.25) is 0 Å². The molecule has 1 spiro atoms. The van der Waals surface area contributed by atoms with Crippen molar-refractivity contribution in [3.05, 3.63) is 51.0 Å². The Kier molecular flexibility index (Phi) is 4.05. The van der Waals surface area contributed by atoms with Gasteiger partial charge in [-0.15, -0.1) is 0 Å². The Hall–Kier alpha value is -2.37. The molecule has 0 atom stereocenters. The number of carbonyl (C=O) groups excluding carboxylic acids is 1. The van der Waals surface area contributed by atoms with Crippen LogP contribution in [0.1, 0.15) is 73.2 Å². The number of carbonyl (C=O) groups is 1. The van der Waals surface area contributed by atoms with E-state index >= 15 is 0 Å². The molecule has 0 unspecified atom stereocenters. The number of H-pyrrole nitrogens is 2. The van der Waals surface area contributed by atoms with Crippen molar-refractivity contribution in [1.29, 1.82) is 0 Å². The highest BCUT2D eigenvalue weighted by atomic mass is 16.2. The van der Waals surface area contributed by atoms with Crippen LogP contribution in [-0.4, -0.2) is 38.8 Å². The quantitative estimate of drug-likeness (QED) is 0.812. The normalized spacial score (nSPS) is 18.7. The number of amides is 1. The van der Waals surface area contributed by atoms with Crippen LogP contribution in [0.15, 0.2) is 17.1 Å². The van der Waals surface area contributed by atoms with E-state index < -0.39 is 0 Å². The molecule has 1 saturated heterocycles. The van der Waals surface area contributed by atoms with E-state index in [-0.39, 0.29) is 22.3 Å². The van der Waals surface area contributed by atoms with Crippen LogP contribution in [0.4, 0.5) is 0 Å². The average Bonchev–Trinajstić information content (AvgIpc) is 3.19. The second-order valence-electron chi connectivity index (χ2n) is 9.08. The number of hydrogen-bond donors (Lipinski definition) is 2. The number of fused-ring (bicyclic) bond motifs is 2. The lowest BCUT2D eigenvalue weighted by atomic mass is 9.76. The van der Waals surface area contributed by atoms with Crippen LogP contribution in [0.3, 0.4) is 0 Å². The second kappa shape index (κ2) is 6.08. The maximum Gasteiger partial charge on any atom is 0.255 e. The van der Waals surface area contributed by atoms with Crippen molar-refractivity contribution in [2.75, 3.05) is 13.1 Å². The average molecular weight is 368 g/mol. The van der Waals surface area contributed by atoms with Gasteiger partial charge in [0.1, 0.15) is 5.82 Å². The fraction of sp³-hybridized carbons (Fsp3) is 0.571. The first kappa shape index (κ1) is 18.0. The molecule has 0 aromatic carbocycles. The number of aromatic amines is 2. The molecule has 144 valence electrons. The van der Waals surface area contributed by atoms with E-state index in [1.54, 1.807) is 0 Å². The van der Waals surface area contributed by atoms with Gasteiger partial charge in [-0.3, -0.25) is 9.59 Å². The summed E-state index contributed by atoms with van der Waals surface area (Å²) in [5.41, 5.74) is 3.26. The number of rotatable bonds is 1. The van der Waals surface area contributed by atoms with Gasteiger partial charge < -0.3 is 14.9 Å². The second-order valence-corrected chi connectivity index (χ2v) is 9.08. The molecule has 2 aliphatic rings. The van der Waals surface area contributed by atoms with E-state index in [2.05, 4.69) is 30.7 Å². The third-order valence-electron chi connectivity index (χ3n) is 6.27. The molecular weight excluding hydrogens is 340 g/mol. The van der Waals surface area contributed by atoms with Gasteiger partial charge in [-0.1, -0.05) is 20.8 Å². The monoisotopic (exact) mass is 368 g/mol.